The number of hydrogen-bond donors (Lipinski definition) is 1. The van der Waals surface area contributed by atoms with Crippen LogP contribution in [0.4, 0.5) is 0 Å². The van der Waals surface area contributed by atoms with Crippen LogP contribution < -0.4 is 5.43 Å². The summed E-state index contributed by atoms with van der Waals surface area (Å²) in [5.74, 6) is -0.278. The number of amides is 1. The first kappa shape index (κ1) is 17.2. The van der Waals surface area contributed by atoms with Crippen molar-refractivity contribution in [2.24, 2.45) is 5.10 Å². The van der Waals surface area contributed by atoms with Crippen LogP contribution in [0.3, 0.4) is 0 Å². The van der Waals surface area contributed by atoms with Crippen LogP contribution in [0.15, 0.2) is 88.8 Å². The lowest BCUT2D eigenvalue weighted by Crippen LogP contribution is -2.17. The first-order chi connectivity index (χ1) is 13.2. The van der Waals surface area contributed by atoms with Gasteiger partial charge in [0, 0.05) is 39.7 Å². The number of nitrogens with one attached hydrogen (secondary N) is 1. The molecule has 0 aliphatic rings. The minimum Gasteiger partial charge on any atom is -0.315 e. The smallest absolute Gasteiger partial charge is 0.271 e. The number of nitrogens with zero attached hydrogens (tertiary/aromatic N) is 3. The quantitative estimate of drug-likeness (QED) is 0.391. The van der Waals surface area contributed by atoms with Crippen molar-refractivity contribution < 1.29 is 4.79 Å². The zero-order valence-corrected chi connectivity index (χ0v) is 15.8. The molecule has 0 spiro atoms. The average molecular weight is 419 g/mol. The SMILES string of the molecule is O=C(NN=Cc1c(-c2ccc(Br)cc2)cc2ccccn12)c1ccncc1. The van der Waals surface area contributed by atoms with Crippen molar-refractivity contribution in [3.8, 4) is 11.1 Å². The second kappa shape index (κ2) is 7.55. The van der Waals surface area contributed by atoms with E-state index in [9.17, 15) is 4.79 Å². The van der Waals surface area contributed by atoms with E-state index in [-0.39, 0.29) is 5.91 Å². The topological polar surface area (TPSA) is 58.8 Å². The highest BCUT2D eigenvalue weighted by molar-refractivity contribution is 9.10. The van der Waals surface area contributed by atoms with Gasteiger partial charge in [-0.2, -0.15) is 5.10 Å². The van der Waals surface area contributed by atoms with Gasteiger partial charge in [0.05, 0.1) is 11.9 Å². The van der Waals surface area contributed by atoms with E-state index in [1.165, 1.54) is 0 Å². The molecule has 0 atom stereocenters. The van der Waals surface area contributed by atoms with Crippen molar-refractivity contribution in [2.45, 2.75) is 0 Å². The molecule has 0 radical (unpaired) electrons. The van der Waals surface area contributed by atoms with E-state index in [0.29, 0.717) is 5.56 Å². The lowest BCUT2D eigenvalue weighted by Gasteiger charge is -2.03. The summed E-state index contributed by atoms with van der Waals surface area (Å²) in [6.45, 7) is 0. The van der Waals surface area contributed by atoms with Gasteiger partial charge >= 0.3 is 0 Å². The number of hydrogen-bond acceptors (Lipinski definition) is 3. The van der Waals surface area contributed by atoms with Gasteiger partial charge in [-0.3, -0.25) is 9.78 Å². The van der Waals surface area contributed by atoms with Crippen LogP contribution in [-0.2, 0) is 0 Å². The summed E-state index contributed by atoms with van der Waals surface area (Å²) in [6, 6.07) is 19.5. The monoisotopic (exact) mass is 418 g/mol. The first-order valence-corrected chi connectivity index (χ1v) is 9.11. The predicted octanol–water partition coefficient (Wildman–Crippen LogP) is 4.53. The molecular formula is C21H15BrN4O. The molecular weight excluding hydrogens is 404 g/mol. The molecule has 0 bridgehead atoms. The van der Waals surface area contributed by atoms with Gasteiger partial charge in [0.25, 0.3) is 5.91 Å². The van der Waals surface area contributed by atoms with Gasteiger partial charge in [0.1, 0.15) is 0 Å². The first-order valence-electron chi connectivity index (χ1n) is 8.32. The van der Waals surface area contributed by atoms with Gasteiger partial charge in [0.15, 0.2) is 0 Å². The van der Waals surface area contributed by atoms with E-state index in [1.54, 1.807) is 30.7 Å². The van der Waals surface area contributed by atoms with Crippen molar-refractivity contribution in [3.05, 3.63) is 95.0 Å². The maximum atomic E-state index is 12.2. The van der Waals surface area contributed by atoms with E-state index in [4.69, 9.17) is 0 Å². The van der Waals surface area contributed by atoms with Crippen LogP contribution in [0.25, 0.3) is 16.6 Å². The normalized spacial score (nSPS) is 11.1. The van der Waals surface area contributed by atoms with Crippen molar-refractivity contribution in [1.29, 1.82) is 0 Å². The summed E-state index contributed by atoms with van der Waals surface area (Å²) in [6.07, 6.45) is 6.79. The summed E-state index contributed by atoms with van der Waals surface area (Å²) >= 11 is 3.47. The average Bonchev–Trinajstić information content (AvgIpc) is 3.08. The van der Waals surface area contributed by atoms with Gasteiger partial charge in [-0.05, 0) is 48.0 Å². The molecule has 1 N–H and O–H groups in total. The van der Waals surface area contributed by atoms with Crippen molar-refractivity contribution in [2.75, 3.05) is 0 Å². The van der Waals surface area contributed by atoms with E-state index >= 15 is 0 Å². The predicted molar refractivity (Wildman–Crippen MR) is 110 cm³/mol. The fourth-order valence-electron chi connectivity index (χ4n) is 2.86. The van der Waals surface area contributed by atoms with E-state index in [1.807, 2.05) is 53.1 Å². The Bertz CT molecular complexity index is 1120. The number of carbonyl (C=O) groups is 1. The molecule has 0 fully saturated rings. The van der Waals surface area contributed by atoms with Crippen LogP contribution in [0, 0.1) is 0 Å². The van der Waals surface area contributed by atoms with Crippen LogP contribution in [0.5, 0.6) is 0 Å². The molecule has 0 unspecified atom stereocenters. The number of aromatic nitrogens is 2. The van der Waals surface area contributed by atoms with Gasteiger partial charge in [0.2, 0.25) is 0 Å². The molecule has 5 nitrogen and oxygen atoms in total. The van der Waals surface area contributed by atoms with Crippen LogP contribution in [0.2, 0.25) is 0 Å². The number of fused-ring (bicyclic) bond motifs is 1. The second-order valence-electron chi connectivity index (χ2n) is 5.88. The molecule has 3 heterocycles. The molecule has 1 aromatic carbocycles. The fraction of sp³-hybridized carbons (Fsp3) is 0. The second-order valence-corrected chi connectivity index (χ2v) is 6.80. The van der Waals surface area contributed by atoms with Crippen LogP contribution in [0.1, 0.15) is 16.1 Å². The van der Waals surface area contributed by atoms with Crippen molar-refractivity contribution in [3.63, 3.8) is 0 Å². The molecule has 4 aromatic rings. The summed E-state index contributed by atoms with van der Waals surface area (Å²) in [7, 11) is 0. The van der Waals surface area contributed by atoms with Gasteiger partial charge in [-0.1, -0.05) is 34.1 Å². The summed E-state index contributed by atoms with van der Waals surface area (Å²) in [5.41, 5.74) is 7.14. The van der Waals surface area contributed by atoms with Crippen molar-refractivity contribution in [1.82, 2.24) is 14.8 Å². The number of rotatable bonds is 4. The molecule has 3 aromatic heterocycles. The molecule has 0 saturated carbocycles. The highest BCUT2D eigenvalue weighted by Crippen LogP contribution is 2.28. The molecule has 1 amide bonds. The van der Waals surface area contributed by atoms with Crippen LogP contribution in [-0.4, -0.2) is 21.5 Å². The maximum Gasteiger partial charge on any atom is 0.271 e. The third-order valence-electron chi connectivity index (χ3n) is 4.17. The minimum atomic E-state index is -0.278. The number of carbonyl (C=O) groups excluding carboxylic acids is 1. The fourth-order valence-corrected chi connectivity index (χ4v) is 3.12. The summed E-state index contributed by atoms with van der Waals surface area (Å²) in [4.78, 5) is 16.1. The number of halogens is 1. The Hall–Kier alpha value is -3.25. The molecule has 6 heteroatoms. The lowest BCUT2D eigenvalue weighted by molar-refractivity contribution is 0.0955. The molecule has 4 rings (SSSR count). The Labute approximate surface area is 164 Å². The molecule has 27 heavy (non-hydrogen) atoms. The Morgan fingerprint density at radius 3 is 2.63 bits per heavy atom. The Balaban J connectivity index is 1.68. The number of hydrazone groups is 1. The Morgan fingerprint density at radius 2 is 1.85 bits per heavy atom. The van der Waals surface area contributed by atoms with Crippen LogP contribution >= 0.6 is 15.9 Å². The highest BCUT2D eigenvalue weighted by Gasteiger charge is 2.11. The Morgan fingerprint density at radius 1 is 1.07 bits per heavy atom. The molecule has 0 saturated heterocycles. The lowest BCUT2D eigenvalue weighted by atomic mass is 10.1. The van der Waals surface area contributed by atoms with E-state index in [0.717, 1.165) is 26.8 Å². The van der Waals surface area contributed by atoms with Gasteiger partial charge in [-0.25, -0.2) is 5.43 Å². The Kier molecular flexibility index (Phi) is 4.80. The summed E-state index contributed by atoms with van der Waals surface area (Å²) in [5, 5.41) is 4.17. The van der Waals surface area contributed by atoms with Gasteiger partial charge < -0.3 is 4.40 Å². The highest BCUT2D eigenvalue weighted by atomic mass is 79.9. The third-order valence-corrected chi connectivity index (χ3v) is 4.70. The zero-order chi connectivity index (χ0) is 18.6. The standard InChI is InChI=1S/C21H15BrN4O/c22-17-6-4-15(5-7-17)19-13-18-3-1-2-12-26(18)20(19)14-24-25-21(27)16-8-10-23-11-9-16/h1-14H,(H,25,27). The van der Waals surface area contributed by atoms with E-state index in [2.05, 4.69) is 37.5 Å². The number of pyridine rings is 2. The van der Waals surface area contributed by atoms with E-state index < -0.39 is 0 Å². The molecule has 132 valence electrons. The number of benzene rings is 1. The maximum absolute atomic E-state index is 12.2. The molecule has 0 aliphatic carbocycles. The minimum absolute atomic E-state index is 0.278. The largest absolute Gasteiger partial charge is 0.315 e. The molecule has 0 aliphatic heterocycles. The third kappa shape index (κ3) is 3.66. The van der Waals surface area contributed by atoms with Crippen molar-refractivity contribution >= 4 is 33.6 Å². The summed E-state index contributed by atoms with van der Waals surface area (Å²) < 4.78 is 3.06. The zero-order valence-electron chi connectivity index (χ0n) is 14.2. The van der Waals surface area contributed by atoms with Gasteiger partial charge in [-0.15, -0.1) is 0 Å².